The molecular weight excluding hydrogens is 519 g/mol. The summed E-state index contributed by atoms with van der Waals surface area (Å²) >= 11 is 18.5. The molecule has 8 heteroatoms. The fourth-order valence-corrected chi connectivity index (χ4v) is 4.12. The van der Waals surface area contributed by atoms with Crippen molar-refractivity contribution >= 4 is 46.6 Å². The van der Waals surface area contributed by atoms with Crippen molar-refractivity contribution in [3.63, 3.8) is 0 Å². The van der Waals surface area contributed by atoms with Crippen LogP contribution >= 0.6 is 34.8 Å². The van der Waals surface area contributed by atoms with E-state index in [1.165, 1.54) is 4.90 Å². The Balaban J connectivity index is 1.94. The van der Waals surface area contributed by atoms with Gasteiger partial charge in [0, 0.05) is 19.0 Å². The third-order valence-corrected chi connectivity index (χ3v) is 6.85. The first kappa shape index (κ1) is 27.9. The Bertz CT molecular complexity index is 1170. The Morgan fingerprint density at radius 2 is 1.58 bits per heavy atom. The van der Waals surface area contributed by atoms with Crippen molar-refractivity contribution in [3.8, 4) is 5.75 Å². The number of carbonyl (C=O) groups is 2. The predicted octanol–water partition coefficient (Wildman–Crippen LogP) is 6.58. The zero-order valence-corrected chi connectivity index (χ0v) is 22.5. The molecule has 2 amide bonds. The average molecular weight is 548 g/mol. The van der Waals surface area contributed by atoms with Gasteiger partial charge in [-0.25, -0.2) is 0 Å². The van der Waals surface area contributed by atoms with Gasteiger partial charge in [-0.2, -0.15) is 0 Å². The normalized spacial score (nSPS) is 12.5. The second kappa shape index (κ2) is 13.5. The van der Waals surface area contributed by atoms with Gasteiger partial charge in [0.25, 0.3) is 5.91 Å². The molecule has 3 aromatic carbocycles. The summed E-state index contributed by atoms with van der Waals surface area (Å²) < 4.78 is 5.74. The molecule has 0 unspecified atom stereocenters. The Hall–Kier alpha value is -2.73. The number of halogens is 3. The lowest BCUT2D eigenvalue weighted by molar-refractivity contribution is -0.143. The van der Waals surface area contributed by atoms with E-state index in [9.17, 15) is 9.59 Å². The quantitative estimate of drug-likeness (QED) is 0.295. The maximum absolute atomic E-state index is 13.6. The van der Waals surface area contributed by atoms with Crippen LogP contribution in [0.15, 0.2) is 72.8 Å². The maximum atomic E-state index is 13.6. The van der Waals surface area contributed by atoms with Crippen LogP contribution in [0.5, 0.6) is 5.75 Å². The molecule has 2 atom stereocenters. The summed E-state index contributed by atoms with van der Waals surface area (Å²) in [5.41, 5.74) is 1.67. The van der Waals surface area contributed by atoms with Gasteiger partial charge in [-0.1, -0.05) is 90.3 Å². The van der Waals surface area contributed by atoms with E-state index < -0.39 is 6.04 Å². The van der Waals surface area contributed by atoms with Gasteiger partial charge < -0.3 is 15.0 Å². The third-order valence-electron chi connectivity index (χ3n) is 5.80. The smallest absolute Gasteiger partial charge is 0.261 e. The zero-order valence-electron chi connectivity index (χ0n) is 20.2. The standard InChI is InChI=1S/C28H29Cl3N2O3/c1-3-19(2)32-28(35)25(16-20-9-5-4-6-10-20)33(17-21-13-14-22(29)24(31)15-21)27(34)18-36-26-12-8-7-11-23(26)30/h4-15,19,25H,3,16-18H2,1-2H3,(H,32,35)/t19-,25+/m1/s1. The summed E-state index contributed by atoms with van der Waals surface area (Å²) in [5.74, 6) is -0.203. The SMILES string of the molecule is CC[C@@H](C)NC(=O)[C@H](Cc1ccccc1)N(Cc1ccc(Cl)c(Cl)c1)C(=O)COc1ccccc1Cl. The Morgan fingerprint density at radius 3 is 2.25 bits per heavy atom. The third kappa shape index (κ3) is 7.89. The molecule has 0 aliphatic carbocycles. The minimum Gasteiger partial charge on any atom is -0.482 e. The monoisotopic (exact) mass is 546 g/mol. The summed E-state index contributed by atoms with van der Waals surface area (Å²) in [6, 6.07) is 20.9. The highest BCUT2D eigenvalue weighted by atomic mass is 35.5. The molecule has 5 nitrogen and oxygen atoms in total. The highest BCUT2D eigenvalue weighted by Crippen LogP contribution is 2.26. The lowest BCUT2D eigenvalue weighted by atomic mass is 10.0. The molecule has 3 aromatic rings. The van der Waals surface area contributed by atoms with E-state index in [2.05, 4.69) is 5.32 Å². The molecular formula is C28H29Cl3N2O3. The summed E-state index contributed by atoms with van der Waals surface area (Å²) in [4.78, 5) is 28.6. The van der Waals surface area contributed by atoms with Crippen LogP contribution in [0, 0.1) is 0 Å². The molecule has 190 valence electrons. The topological polar surface area (TPSA) is 58.6 Å². The number of benzene rings is 3. The molecule has 3 rings (SSSR count). The van der Waals surface area contributed by atoms with Crippen LogP contribution < -0.4 is 10.1 Å². The highest BCUT2D eigenvalue weighted by Gasteiger charge is 2.31. The number of carbonyl (C=O) groups excluding carboxylic acids is 2. The zero-order chi connectivity index (χ0) is 26.1. The summed E-state index contributed by atoms with van der Waals surface area (Å²) in [6.07, 6.45) is 1.10. The lowest BCUT2D eigenvalue weighted by Gasteiger charge is -2.32. The molecule has 0 fully saturated rings. The number of nitrogens with zero attached hydrogens (tertiary/aromatic N) is 1. The maximum Gasteiger partial charge on any atom is 0.261 e. The van der Waals surface area contributed by atoms with E-state index in [4.69, 9.17) is 39.5 Å². The van der Waals surface area contributed by atoms with Gasteiger partial charge >= 0.3 is 0 Å². The van der Waals surface area contributed by atoms with Crippen LogP contribution in [0.1, 0.15) is 31.4 Å². The van der Waals surface area contributed by atoms with Gasteiger partial charge in [-0.15, -0.1) is 0 Å². The molecule has 0 spiro atoms. The number of ether oxygens (including phenoxy) is 1. The first-order chi connectivity index (χ1) is 17.3. The van der Waals surface area contributed by atoms with Crippen molar-refractivity contribution in [3.05, 3.63) is 99.0 Å². The molecule has 0 aliphatic heterocycles. The van der Waals surface area contributed by atoms with Crippen molar-refractivity contribution < 1.29 is 14.3 Å². The van der Waals surface area contributed by atoms with Crippen LogP contribution in [0.4, 0.5) is 0 Å². The molecule has 0 radical (unpaired) electrons. The largest absolute Gasteiger partial charge is 0.482 e. The number of hydrogen-bond acceptors (Lipinski definition) is 3. The van der Waals surface area contributed by atoms with Gasteiger partial charge in [0.2, 0.25) is 5.91 Å². The first-order valence-electron chi connectivity index (χ1n) is 11.7. The van der Waals surface area contributed by atoms with Crippen LogP contribution in [-0.2, 0) is 22.6 Å². The second-order valence-electron chi connectivity index (χ2n) is 8.51. The molecule has 0 aromatic heterocycles. The van der Waals surface area contributed by atoms with Gasteiger partial charge in [0.05, 0.1) is 15.1 Å². The minimum absolute atomic E-state index is 0.0444. The number of hydrogen-bond donors (Lipinski definition) is 1. The summed E-state index contributed by atoms with van der Waals surface area (Å²) in [7, 11) is 0. The fraction of sp³-hybridized carbons (Fsp3) is 0.286. The number of nitrogens with one attached hydrogen (secondary N) is 1. The highest BCUT2D eigenvalue weighted by molar-refractivity contribution is 6.42. The number of amides is 2. The van der Waals surface area contributed by atoms with E-state index in [0.717, 1.165) is 17.5 Å². The minimum atomic E-state index is -0.779. The molecule has 0 saturated heterocycles. The van der Waals surface area contributed by atoms with E-state index in [1.54, 1.807) is 42.5 Å². The average Bonchev–Trinajstić information content (AvgIpc) is 2.88. The second-order valence-corrected chi connectivity index (χ2v) is 9.73. The predicted molar refractivity (Wildman–Crippen MR) is 146 cm³/mol. The van der Waals surface area contributed by atoms with Crippen LogP contribution in [0.25, 0.3) is 0 Å². The molecule has 1 N–H and O–H groups in total. The Labute approximate surface area is 227 Å². The molecule has 0 aliphatic rings. The number of para-hydroxylation sites is 1. The fourth-order valence-electron chi connectivity index (χ4n) is 3.61. The van der Waals surface area contributed by atoms with Crippen molar-refractivity contribution in [2.45, 2.75) is 45.3 Å². The van der Waals surface area contributed by atoms with E-state index in [1.807, 2.05) is 44.2 Å². The Morgan fingerprint density at radius 1 is 0.889 bits per heavy atom. The molecule has 0 heterocycles. The van der Waals surface area contributed by atoms with Crippen molar-refractivity contribution in [2.75, 3.05) is 6.61 Å². The lowest BCUT2D eigenvalue weighted by Crippen LogP contribution is -2.53. The van der Waals surface area contributed by atoms with Crippen LogP contribution in [-0.4, -0.2) is 35.4 Å². The van der Waals surface area contributed by atoms with Gasteiger partial charge in [0.1, 0.15) is 11.8 Å². The Kier molecular flexibility index (Phi) is 10.5. The van der Waals surface area contributed by atoms with Crippen molar-refractivity contribution in [1.82, 2.24) is 10.2 Å². The molecule has 0 saturated carbocycles. The molecule has 0 bridgehead atoms. The van der Waals surface area contributed by atoms with Crippen LogP contribution in [0.3, 0.4) is 0 Å². The van der Waals surface area contributed by atoms with Gasteiger partial charge in [-0.05, 0) is 48.7 Å². The number of rotatable bonds is 11. The van der Waals surface area contributed by atoms with Gasteiger partial charge in [0.15, 0.2) is 6.61 Å². The van der Waals surface area contributed by atoms with E-state index >= 15 is 0 Å². The molecule has 36 heavy (non-hydrogen) atoms. The summed E-state index contributed by atoms with van der Waals surface area (Å²) in [5, 5.41) is 4.22. The van der Waals surface area contributed by atoms with Crippen LogP contribution in [0.2, 0.25) is 15.1 Å². The van der Waals surface area contributed by atoms with E-state index in [0.29, 0.717) is 27.2 Å². The van der Waals surface area contributed by atoms with Crippen molar-refractivity contribution in [2.24, 2.45) is 0 Å². The first-order valence-corrected chi connectivity index (χ1v) is 12.9. The van der Waals surface area contributed by atoms with Crippen molar-refractivity contribution in [1.29, 1.82) is 0 Å². The van der Waals surface area contributed by atoms with E-state index in [-0.39, 0.29) is 31.0 Å². The summed E-state index contributed by atoms with van der Waals surface area (Å²) in [6.45, 7) is 3.79. The van der Waals surface area contributed by atoms with Gasteiger partial charge in [-0.3, -0.25) is 9.59 Å².